The van der Waals surface area contributed by atoms with Gasteiger partial charge in [0, 0.05) is 31.5 Å². The van der Waals surface area contributed by atoms with Gasteiger partial charge in [-0.05, 0) is 49.9 Å². The molecule has 0 saturated carbocycles. The van der Waals surface area contributed by atoms with E-state index in [0.717, 1.165) is 24.9 Å². The minimum Gasteiger partial charge on any atom is -0.495 e. The van der Waals surface area contributed by atoms with E-state index < -0.39 is 6.09 Å². The number of fused-ring (bicyclic) bond motifs is 2. The van der Waals surface area contributed by atoms with E-state index >= 15 is 0 Å². The molecule has 168 valence electrons. The molecule has 5 nitrogen and oxygen atoms in total. The van der Waals surface area contributed by atoms with Gasteiger partial charge in [-0.3, -0.25) is 10.2 Å². The van der Waals surface area contributed by atoms with Crippen molar-refractivity contribution in [3.63, 3.8) is 0 Å². The van der Waals surface area contributed by atoms with Gasteiger partial charge in [0.1, 0.15) is 11.9 Å². The van der Waals surface area contributed by atoms with Crippen LogP contribution in [0.4, 0.5) is 10.5 Å². The van der Waals surface area contributed by atoms with Gasteiger partial charge in [0.05, 0.1) is 12.8 Å². The molecule has 1 amide bonds. The quantitative estimate of drug-likeness (QED) is 0.626. The van der Waals surface area contributed by atoms with Crippen molar-refractivity contribution in [2.75, 3.05) is 12.4 Å². The summed E-state index contributed by atoms with van der Waals surface area (Å²) in [6, 6.07) is 15.5. The number of halogens is 1. The van der Waals surface area contributed by atoms with E-state index in [2.05, 4.69) is 41.4 Å². The van der Waals surface area contributed by atoms with Crippen LogP contribution in [-0.2, 0) is 11.3 Å². The second kappa shape index (κ2) is 10.4. The zero-order valence-electron chi connectivity index (χ0n) is 18.6. The molecule has 2 aromatic rings. The first kappa shape index (κ1) is 23.4. The first-order valence-electron chi connectivity index (χ1n) is 11.0. The average molecular weight is 445 g/mol. The van der Waals surface area contributed by atoms with Crippen LogP contribution in [0.3, 0.4) is 0 Å². The highest BCUT2D eigenvalue weighted by Crippen LogP contribution is 2.36. The van der Waals surface area contributed by atoms with Crippen molar-refractivity contribution in [3.05, 3.63) is 59.2 Å². The van der Waals surface area contributed by atoms with Crippen molar-refractivity contribution in [3.8, 4) is 5.75 Å². The minimum absolute atomic E-state index is 0. The van der Waals surface area contributed by atoms with Gasteiger partial charge in [0.25, 0.3) is 0 Å². The van der Waals surface area contributed by atoms with Crippen LogP contribution in [0.1, 0.15) is 48.8 Å². The molecule has 6 heteroatoms. The van der Waals surface area contributed by atoms with Crippen molar-refractivity contribution >= 4 is 24.2 Å². The van der Waals surface area contributed by atoms with Crippen LogP contribution in [0.25, 0.3) is 0 Å². The van der Waals surface area contributed by atoms with Crippen LogP contribution < -0.4 is 10.1 Å². The second-order valence-electron chi connectivity index (χ2n) is 8.72. The molecular formula is C25H33ClN2O3. The van der Waals surface area contributed by atoms with E-state index in [1.165, 1.54) is 30.4 Å². The number of piperidine rings is 2. The smallest absolute Gasteiger partial charge is 0.412 e. The monoisotopic (exact) mass is 444 g/mol. The molecule has 0 aliphatic carbocycles. The number of rotatable bonds is 5. The van der Waals surface area contributed by atoms with Gasteiger partial charge < -0.3 is 9.47 Å². The first-order chi connectivity index (χ1) is 14.5. The number of carbonyl (C=O) groups is 1. The number of methoxy groups -OCH3 is 1. The Balaban J connectivity index is 0.00000272. The highest BCUT2D eigenvalue weighted by atomic mass is 35.5. The summed E-state index contributed by atoms with van der Waals surface area (Å²) >= 11 is 0. The third kappa shape index (κ3) is 5.72. The average Bonchev–Trinajstić information content (AvgIpc) is 2.70. The van der Waals surface area contributed by atoms with Gasteiger partial charge in [-0.2, -0.15) is 0 Å². The Bertz CT molecular complexity index is 873. The van der Waals surface area contributed by atoms with Gasteiger partial charge in [-0.1, -0.05) is 42.3 Å². The fourth-order valence-electron chi connectivity index (χ4n) is 4.90. The third-order valence-electron chi connectivity index (χ3n) is 6.43. The first-order valence-corrected chi connectivity index (χ1v) is 11.0. The van der Waals surface area contributed by atoms with Crippen molar-refractivity contribution < 1.29 is 14.3 Å². The molecule has 31 heavy (non-hydrogen) atoms. The normalized spacial score (nSPS) is 22.9. The van der Waals surface area contributed by atoms with Crippen LogP contribution in [-0.4, -0.2) is 36.3 Å². The highest BCUT2D eigenvalue weighted by Gasteiger charge is 2.39. The zero-order valence-corrected chi connectivity index (χ0v) is 19.4. The molecule has 2 unspecified atom stereocenters. The molecule has 4 rings (SSSR count). The number of hydrogen-bond acceptors (Lipinski definition) is 4. The number of nitrogens with zero attached hydrogens (tertiary/aromatic N) is 1. The maximum absolute atomic E-state index is 12.6. The molecule has 0 spiro atoms. The van der Waals surface area contributed by atoms with Gasteiger partial charge in [0.2, 0.25) is 0 Å². The van der Waals surface area contributed by atoms with E-state index in [4.69, 9.17) is 9.47 Å². The number of aryl methyl sites for hydroxylation is 2. The van der Waals surface area contributed by atoms with Crippen LogP contribution in [0.15, 0.2) is 42.5 Å². The van der Waals surface area contributed by atoms with Crippen LogP contribution >= 0.6 is 12.4 Å². The Morgan fingerprint density at radius 2 is 1.68 bits per heavy atom. The SMILES string of the molecule is COc1ccc(C)cc1NC(=O)OC1CC2CCCC(C1)N2Cc1ccc(C)cc1.Cl. The molecule has 2 aliphatic rings. The zero-order chi connectivity index (χ0) is 21.1. The summed E-state index contributed by atoms with van der Waals surface area (Å²) in [5.74, 6) is 0.641. The molecule has 2 fully saturated rings. The second-order valence-corrected chi connectivity index (χ2v) is 8.72. The molecule has 2 saturated heterocycles. The summed E-state index contributed by atoms with van der Waals surface area (Å²) in [5.41, 5.74) is 4.37. The topological polar surface area (TPSA) is 50.8 Å². The fourth-order valence-corrected chi connectivity index (χ4v) is 4.90. The number of amides is 1. The van der Waals surface area contributed by atoms with E-state index in [1.54, 1.807) is 7.11 Å². The Labute approximate surface area is 191 Å². The Morgan fingerprint density at radius 1 is 1.03 bits per heavy atom. The van der Waals surface area contributed by atoms with Gasteiger partial charge >= 0.3 is 6.09 Å². The number of anilines is 1. The molecule has 2 atom stereocenters. The van der Waals surface area contributed by atoms with Crippen LogP contribution in [0, 0.1) is 13.8 Å². The summed E-state index contributed by atoms with van der Waals surface area (Å²) in [7, 11) is 1.60. The maximum atomic E-state index is 12.6. The molecule has 0 aromatic heterocycles. The molecule has 1 N–H and O–H groups in total. The van der Waals surface area contributed by atoms with E-state index in [1.807, 2.05) is 25.1 Å². The highest BCUT2D eigenvalue weighted by molar-refractivity contribution is 5.87. The van der Waals surface area contributed by atoms with Gasteiger partial charge in [0.15, 0.2) is 0 Å². The van der Waals surface area contributed by atoms with E-state index in [9.17, 15) is 4.79 Å². The lowest BCUT2D eigenvalue weighted by atomic mass is 9.82. The predicted octanol–water partition coefficient (Wildman–Crippen LogP) is 5.87. The third-order valence-corrected chi connectivity index (χ3v) is 6.43. The Hall–Kier alpha value is -2.24. The Kier molecular flexibility index (Phi) is 7.84. The van der Waals surface area contributed by atoms with Gasteiger partial charge in [-0.25, -0.2) is 4.79 Å². The molecular weight excluding hydrogens is 412 g/mol. The number of hydrogen-bond donors (Lipinski definition) is 1. The molecule has 2 aromatic carbocycles. The van der Waals surface area contributed by atoms with E-state index in [0.29, 0.717) is 23.5 Å². The standard InChI is InChI=1S/C25H32N2O3.ClH/c1-17-7-10-19(11-8-17)16-27-20-5-4-6-21(27)15-22(14-20)30-25(28)26-23-13-18(2)9-12-24(23)29-3;/h7-13,20-22H,4-6,14-16H2,1-3H3,(H,26,28);1H. The maximum Gasteiger partial charge on any atom is 0.412 e. The largest absolute Gasteiger partial charge is 0.495 e. The van der Waals surface area contributed by atoms with E-state index in [-0.39, 0.29) is 18.5 Å². The van der Waals surface area contributed by atoms with Crippen LogP contribution in [0.2, 0.25) is 0 Å². The molecule has 2 bridgehead atoms. The number of carbonyl (C=O) groups excluding carboxylic acids is 1. The minimum atomic E-state index is -0.394. The number of ether oxygens (including phenoxy) is 2. The predicted molar refractivity (Wildman–Crippen MR) is 126 cm³/mol. The molecule has 2 aliphatic heterocycles. The fraction of sp³-hybridized carbons (Fsp3) is 0.480. The lowest BCUT2D eigenvalue weighted by molar-refractivity contribution is -0.0348. The molecule has 2 heterocycles. The van der Waals surface area contributed by atoms with Crippen molar-refractivity contribution in [1.82, 2.24) is 4.90 Å². The van der Waals surface area contributed by atoms with Crippen molar-refractivity contribution in [2.45, 2.75) is 70.7 Å². The van der Waals surface area contributed by atoms with Crippen molar-refractivity contribution in [1.29, 1.82) is 0 Å². The Morgan fingerprint density at radius 3 is 2.32 bits per heavy atom. The number of nitrogens with one attached hydrogen (secondary N) is 1. The van der Waals surface area contributed by atoms with Crippen LogP contribution in [0.5, 0.6) is 5.75 Å². The molecule has 0 radical (unpaired) electrons. The van der Waals surface area contributed by atoms with Crippen molar-refractivity contribution in [2.24, 2.45) is 0 Å². The summed E-state index contributed by atoms with van der Waals surface area (Å²) in [6.45, 7) is 5.09. The summed E-state index contributed by atoms with van der Waals surface area (Å²) in [5, 5.41) is 2.87. The lowest BCUT2D eigenvalue weighted by Crippen LogP contribution is -2.53. The lowest BCUT2D eigenvalue weighted by Gasteiger charge is -2.48. The summed E-state index contributed by atoms with van der Waals surface area (Å²) in [6.07, 6.45) is 4.99. The summed E-state index contributed by atoms with van der Waals surface area (Å²) < 4.78 is 11.2. The summed E-state index contributed by atoms with van der Waals surface area (Å²) in [4.78, 5) is 15.2. The van der Waals surface area contributed by atoms with Gasteiger partial charge in [-0.15, -0.1) is 12.4 Å². The number of benzene rings is 2.